The molecule has 0 radical (unpaired) electrons. The number of hydrogen-bond donors (Lipinski definition) is 3. The van der Waals surface area contributed by atoms with Gasteiger partial charge in [-0.3, -0.25) is 9.59 Å². The molecular formula is C26H34F2O8S. The van der Waals surface area contributed by atoms with Crippen molar-refractivity contribution in [3.8, 4) is 0 Å². The van der Waals surface area contributed by atoms with E-state index in [1.807, 2.05) is 13.8 Å². The molecule has 0 spiro atoms. The van der Waals surface area contributed by atoms with Crippen LogP contribution in [0.5, 0.6) is 0 Å². The number of aliphatic hydroxyl groups excluding tert-OH is 1. The third kappa shape index (κ3) is 4.73. The lowest BCUT2D eigenvalue weighted by atomic mass is 9.45. The first-order chi connectivity index (χ1) is 17.0. The molecule has 11 heteroatoms. The summed E-state index contributed by atoms with van der Waals surface area (Å²) in [5.41, 5.74) is -3.57. The Morgan fingerprint density at radius 1 is 1.16 bits per heavy atom. The zero-order valence-electron chi connectivity index (χ0n) is 21.5. The molecule has 0 bridgehead atoms. The zero-order chi connectivity index (χ0) is 28.1. The Bertz CT molecular complexity index is 1050. The van der Waals surface area contributed by atoms with E-state index in [0.717, 1.165) is 0 Å². The number of fused-ring (bicyclic) bond motifs is 5. The third-order valence-electron chi connectivity index (χ3n) is 8.88. The van der Waals surface area contributed by atoms with Gasteiger partial charge in [-0.2, -0.15) is 0 Å². The average molecular weight is 545 g/mol. The molecule has 0 heterocycles. The standard InChI is InChI=1S/C24H32F2O4.C2H2O4S/c1-6-20(29)30-21-12(2)7-14-15-8-17(25)16-9-18(27)13(3)10-23(16,5)24(15,26)19(28)11-22(14,21)4;3-1(4)7-2(5)6/h9-10,12,14-15,17,19,21,28H,6-8,11H2,1-5H3;(H,3,4)(H,5,6)/t12-,14+,15+,17+,19+,21+,22+,23+,24+;/m1./s1. The number of ether oxygens (including phenoxy) is 1. The van der Waals surface area contributed by atoms with Gasteiger partial charge in [-0.25, -0.2) is 18.4 Å². The molecule has 0 aromatic rings. The van der Waals surface area contributed by atoms with Crippen LogP contribution in [0, 0.1) is 28.6 Å². The maximum atomic E-state index is 17.1. The van der Waals surface area contributed by atoms with Gasteiger partial charge in [0.1, 0.15) is 12.3 Å². The molecule has 9 atom stereocenters. The summed E-state index contributed by atoms with van der Waals surface area (Å²) in [4.78, 5) is 43.0. The van der Waals surface area contributed by atoms with Crippen LogP contribution in [0.2, 0.25) is 0 Å². The Balaban J connectivity index is 0.000000479. The predicted molar refractivity (Wildman–Crippen MR) is 132 cm³/mol. The summed E-state index contributed by atoms with van der Waals surface area (Å²) < 4.78 is 38.2. The Labute approximate surface area is 218 Å². The summed E-state index contributed by atoms with van der Waals surface area (Å²) in [5.74, 6) is -1.57. The number of carbonyl (C=O) groups excluding carboxylic acids is 2. The quantitative estimate of drug-likeness (QED) is 0.393. The fourth-order valence-electron chi connectivity index (χ4n) is 7.36. The van der Waals surface area contributed by atoms with Crippen LogP contribution in [0.1, 0.15) is 60.3 Å². The number of carbonyl (C=O) groups is 4. The number of ketones is 1. The predicted octanol–water partition coefficient (Wildman–Crippen LogP) is 5.34. The van der Waals surface area contributed by atoms with Gasteiger partial charge in [0.25, 0.3) is 0 Å². The monoisotopic (exact) mass is 544 g/mol. The van der Waals surface area contributed by atoms with Gasteiger partial charge in [0.15, 0.2) is 11.5 Å². The lowest BCUT2D eigenvalue weighted by Crippen LogP contribution is -2.68. The van der Waals surface area contributed by atoms with Gasteiger partial charge in [0, 0.05) is 23.2 Å². The number of esters is 1. The van der Waals surface area contributed by atoms with Gasteiger partial charge in [0.05, 0.1) is 17.9 Å². The average Bonchev–Trinajstić information content (AvgIpc) is 3.02. The minimum atomic E-state index is -2.09. The molecule has 0 aromatic heterocycles. The molecule has 4 rings (SSSR count). The van der Waals surface area contributed by atoms with Crippen LogP contribution in [-0.2, 0) is 14.3 Å². The number of thioether (sulfide) groups is 1. The molecule has 3 fully saturated rings. The van der Waals surface area contributed by atoms with E-state index < -0.39 is 51.4 Å². The van der Waals surface area contributed by atoms with Crippen molar-refractivity contribution in [1.82, 2.24) is 0 Å². The molecule has 0 aliphatic heterocycles. The number of halogens is 2. The summed E-state index contributed by atoms with van der Waals surface area (Å²) in [6.07, 6.45) is 0.471. The highest BCUT2D eigenvalue weighted by Gasteiger charge is 2.73. The molecule has 4 aliphatic rings. The van der Waals surface area contributed by atoms with Crippen molar-refractivity contribution in [3.05, 3.63) is 23.3 Å². The van der Waals surface area contributed by atoms with Crippen molar-refractivity contribution in [3.63, 3.8) is 0 Å². The Morgan fingerprint density at radius 2 is 1.76 bits per heavy atom. The highest BCUT2D eigenvalue weighted by Crippen LogP contribution is 2.69. The van der Waals surface area contributed by atoms with Crippen molar-refractivity contribution in [1.29, 1.82) is 0 Å². The smallest absolute Gasteiger partial charge is 0.376 e. The molecule has 37 heavy (non-hydrogen) atoms. The summed E-state index contributed by atoms with van der Waals surface area (Å²) in [6, 6.07) is 0. The second kappa shape index (κ2) is 10.1. The first kappa shape index (κ1) is 29.3. The van der Waals surface area contributed by atoms with Crippen LogP contribution in [0.25, 0.3) is 0 Å². The van der Waals surface area contributed by atoms with Crippen LogP contribution >= 0.6 is 11.8 Å². The van der Waals surface area contributed by atoms with Crippen molar-refractivity contribution >= 4 is 34.1 Å². The fraction of sp³-hybridized carbons (Fsp3) is 0.692. The molecule has 0 saturated heterocycles. The Kier molecular flexibility index (Phi) is 8.02. The van der Waals surface area contributed by atoms with Gasteiger partial charge in [-0.05, 0) is 62.2 Å². The highest BCUT2D eigenvalue weighted by atomic mass is 32.2. The number of allylic oxidation sites excluding steroid dienone is 4. The SMILES string of the molecule is CCC(=O)O[C@H]1[C@H](C)C[C@H]2[C@@H]3C[C@H](F)C4=CC(=O)C(C)=C[C@]4(C)[C@@]3(F)[C@@H](O)C[C@@]21C.O=C(O)SC(=O)O. The minimum absolute atomic E-state index is 0.00179. The van der Waals surface area contributed by atoms with Gasteiger partial charge < -0.3 is 20.1 Å². The van der Waals surface area contributed by atoms with Crippen LogP contribution in [-0.4, -0.2) is 61.7 Å². The first-order valence-electron chi connectivity index (χ1n) is 12.3. The molecule has 0 amide bonds. The second-order valence-electron chi connectivity index (χ2n) is 11.0. The van der Waals surface area contributed by atoms with Crippen LogP contribution < -0.4 is 0 Å². The molecule has 4 aliphatic carbocycles. The van der Waals surface area contributed by atoms with Crippen LogP contribution in [0.4, 0.5) is 18.4 Å². The summed E-state index contributed by atoms with van der Waals surface area (Å²) in [6.45, 7) is 8.89. The lowest BCUT2D eigenvalue weighted by molar-refractivity contribution is -0.212. The van der Waals surface area contributed by atoms with Crippen LogP contribution in [0.3, 0.4) is 0 Å². The topological polar surface area (TPSA) is 138 Å². The highest BCUT2D eigenvalue weighted by molar-refractivity contribution is 8.25. The lowest BCUT2D eigenvalue weighted by Gasteiger charge is -2.62. The van der Waals surface area contributed by atoms with E-state index in [1.165, 1.54) is 12.2 Å². The molecule has 8 nitrogen and oxygen atoms in total. The van der Waals surface area contributed by atoms with Gasteiger partial charge >= 0.3 is 16.6 Å². The molecule has 206 valence electrons. The number of aliphatic hydroxyl groups is 1. The van der Waals surface area contributed by atoms with E-state index in [1.54, 1.807) is 20.8 Å². The van der Waals surface area contributed by atoms with E-state index in [9.17, 15) is 24.3 Å². The first-order valence-corrected chi connectivity index (χ1v) is 13.1. The van der Waals surface area contributed by atoms with Crippen molar-refractivity contribution in [2.45, 2.75) is 84.4 Å². The summed E-state index contributed by atoms with van der Waals surface area (Å²) in [5, 5.41) is 23.8. The van der Waals surface area contributed by atoms with Crippen molar-refractivity contribution < 1.29 is 48.0 Å². The van der Waals surface area contributed by atoms with E-state index in [2.05, 4.69) is 0 Å². The van der Waals surface area contributed by atoms with Gasteiger partial charge in [0.2, 0.25) is 0 Å². The number of carboxylic acid groups (broad SMARTS) is 2. The normalized spacial score (nSPS) is 42.1. The Morgan fingerprint density at radius 3 is 2.27 bits per heavy atom. The maximum absolute atomic E-state index is 17.1. The van der Waals surface area contributed by atoms with E-state index >= 15 is 8.78 Å². The minimum Gasteiger partial charge on any atom is -0.473 e. The molecule has 0 unspecified atom stereocenters. The van der Waals surface area contributed by atoms with Gasteiger partial charge in [-0.15, -0.1) is 0 Å². The maximum Gasteiger partial charge on any atom is 0.376 e. The van der Waals surface area contributed by atoms with Gasteiger partial charge in [-0.1, -0.05) is 26.8 Å². The summed E-state index contributed by atoms with van der Waals surface area (Å²) >= 11 is -0.157. The molecule has 3 N–H and O–H groups in total. The fourth-order valence-corrected chi connectivity index (χ4v) is 7.51. The molecule has 0 aromatic carbocycles. The zero-order valence-corrected chi connectivity index (χ0v) is 22.3. The number of alkyl halides is 2. The Hall–Kier alpha value is -2.27. The molecule has 3 saturated carbocycles. The van der Waals surface area contributed by atoms with E-state index in [4.69, 9.17) is 14.9 Å². The van der Waals surface area contributed by atoms with E-state index in [0.29, 0.717) is 12.0 Å². The number of hydrogen-bond acceptors (Lipinski definition) is 7. The van der Waals surface area contributed by atoms with Crippen molar-refractivity contribution in [2.24, 2.45) is 28.6 Å². The van der Waals surface area contributed by atoms with Crippen LogP contribution in [0.15, 0.2) is 23.3 Å². The molecular weight excluding hydrogens is 510 g/mol. The third-order valence-corrected chi connectivity index (χ3v) is 9.23. The van der Waals surface area contributed by atoms with E-state index in [-0.39, 0.29) is 60.2 Å². The largest absolute Gasteiger partial charge is 0.473 e. The second-order valence-corrected chi connectivity index (χ2v) is 11.9. The van der Waals surface area contributed by atoms with Crippen molar-refractivity contribution in [2.75, 3.05) is 0 Å². The summed E-state index contributed by atoms with van der Waals surface area (Å²) in [7, 11) is 0. The number of rotatable bonds is 2.